The van der Waals surface area contributed by atoms with E-state index in [0.717, 1.165) is 17.9 Å². The van der Waals surface area contributed by atoms with Gasteiger partial charge >= 0.3 is 0 Å². The van der Waals surface area contributed by atoms with Crippen molar-refractivity contribution in [3.8, 4) is 5.75 Å². The Bertz CT molecular complexity index is 678. The molecule has 0 saturated heterocycles. The number of methoxy groups -OCH3 is 1. The number of nitrogens with two attached hydrogens (primary N) is 1. The highest BCUT2D eigenvalue weighted by atomic mass is 127. The topological polar surface area (TPSA) is 59.6 Å². The van der Waals surface area contributed by atoms with E-state index >= 15 is 0 Å². The van der Waals surface area contributed by atoms with Gasteiger partial charge in [-0.2, -0.15) is 0 Å². The summed E-state index contributed by atoms with van der Waals surface area (Å²) in [6, 6.07) is 14.4. The largest absolute Gasteiger partial charge is 0.497 e. The molecule has 0 bridgehead atoms. The summed E-state index contributed by atoms with van der Waals surface area (Å²) < 4.78 is 5.18. The van der Waals surface area contributed by atoms with E-state index in [4.69, 9.17) is 10.5 Å². The number of aliphatic imine (C=N–C) groups is 1. The van der Waals surface area contributed by atoms with Gasteiger partial charge in [0.05, 0.1) is 7.11 Å². The highest BCUT2D eigenvalue weighted by Gasteiger charge is 2.04. The zero-order chi connectivity index (χ0) is 17.5. The Morgan fingerprint density at radius 2 is 1.72 bits per heavy atom. The number of ether oxygens (including phenoxy) is 1. The highest BCUT2D eigenvalue weighted by molar-refractivity contribution is 14.0. The molecule has 25 heavy (non-hydrogen) atoms. The van der Waals surface area contributed by atoms with Crippen LogP contribution in [-0.4, -0.2) is 19.6 Å². The summed E-state index contributed by atoms with van der Waals surface area (Å²) in [5.74, 6) is 1.76. The molecule has 0 radical (unpaired) electrons. The molecule has 0 aliphatic heterocycles. The van der Waals surface area contributed by atoms with Gasteiger partial charge in [0.15, 0.2) is 5.96 Å². The molecule has 0 heterocycles. The summed E-state index contributed by atoms with van der Waals surface area (Å²) in [5, 5.41) is 3.17. The highest BCUT2D eigenvalue weighted by Crippen LogP contribution is 2.15. The Balaban J connectivity index is 0.00000312. The van der Waals surface area contributed by atoms with Gasteiger partial charge in [-0.25, -0.2) is 0 Å². The fourth-order valence-corrected chi connectivity index (χ4v) is 2.72. The number of rotatable bonds is 6. The Morgan fingerprint density at radius 1 is 1.12 bits per heavy atom. The number of aryl methyl sites for hydroxylation is 2. The van der Waals surface area contributed by atoms with Crippen molar-refractivity contribution in [1.82, 2.24) is 0 Å². The third-order valence-electron chi connectivity index (χ3n) is 3.81. The molecular weight excluding hydrogens is 425 g/mol. The molecule has 0 amide bonds. The van der Waals surface area contributed by atoms with Crippen LogP contribution in [0.15, 0.2) is 47.5 Å². The fraction of sp³-hybridized carbons (Fsp3) is 0.350. The number of hydrogen-bond donors (Lipinski definition) is 2. The van der Waals surface area contributed by atoms with Crippen molar-refractivity contribution < 1.29 is 4.74 Å². The molecule has 5 heteroatoms. The fourth-order valence-electron chi connectivity index (χ4n) is 2.72. The van der Waals surface area contributed by atoms with E-state index in [2.05, 4.69) is 61.4 Å². The lowest BCUT2D eigenvalue weighted by Gasteiger charge is -2.11. The summed E-state index contributed by atoms with van der Waals surface area (Å²) in [6.07, 6.45) is 0.963. The van der Waals surface area contributed by atoms with E-state index in [0.29, 0.717) is 18.4 Å². The second-order valence-corrected chi connectivity index (χ2v) is 6.38. The third-order valence-corrected chi connectivity index (χ3v) is 3.81. The van der Waals surface area contributed by atoms with Crippen LogP contribution >= 0.6 is 24.0 Å². The predicted octanol–water partition coefficient (Wildman–Crippen LogP) is 4.54. The maximum atomic E-state index is 6.01. The van der Waals surface area contributed by atoms with Gasteiger partial charge in [-0.05, 0) is 67.1 Å². The molecule has 2 rings (SSSR count). The van der Waals surface area contributed by atoms with Crippen molar-refractivity contribution in [2.45, 2.75) is 27.2 Å². The smallest absolute Gasteiger partial charge is 0.193 e. The Kier molecular flexibility index (Phi) is 8.75. The first kappa shape index (κ1) is 21.3. The van der Waals surface area contributed by atoms with Crippen LogP contribution in [0.2, 0.25) is 0 Å². The summed E-state index contributed by atoms with van der Waals surface area (Å²) in [7, 11) is 1.68. The van der Waals surface area contributed by atoms with Gasteiger partial charge in [-0.3, -0.25) is 4.99 Å². The first-order chi connectivity index (χ1) is 11.5. The Hall–Kier alpha value is -1.76. The van der Waals surface area contributed by atoms with Crippen molar-refractivity contribution >= 4 is 35.6 Å². The second kappa shape index (κ2) is 10.3. The van der Waals surface area contributed by atoms with Crippen LogP contribution in [0, 0.1) is 19.8 Å². The number of guanidine groups is 1. The van der Waals surface area contributed by atoms with E-state index in [1.807, 2.05) is 12.1 Å². The minimum Gasteiger partial charge on any atom is -0.497 e. The van der Waals surface area contributed by atoms with Gasteiger partial charge < -0.3 is 15.8 Å². The lowest BCUT2D eigenvalue weighted by molar-refractivity contribution is 0.414. The summed E-state index contributed by atoms with van der Waals surface area (Å²) in [6.45, 7) is 7.01. The van der Waals surface area contributed by atoms with Crippen LogP contribution in [0.5, 0.6) is 5.75 Å². The maximum absolute atomic E-state index is 6.01. The Morgan fingerprint density at radius 3 is 2.28 bits per heavy atom. The van der Waals surface area contributed by atoms with Crippen LogP contribution in [0.1, 0.15) is 23.6 Å². The van der Waals surface area contributed by atoms with Crippen molar-refractivity contribution in [1.29, 1.82) is 0 Å². The summed E-state index contributed by atoms with van der Waals surface area (Å²) >= 11 is 0. The van der Waals surface area contributed by atoms with E-state index in [1.54, 1.807) is 7.11 Å². The van der Waals surface area contributed by atoms with Gasteiger partial charge in [-0.15, -0.1) is 24.0 Å². The number of halogens is 1. The summed E-state index contributed by atoms with van der Waals surface area (Å²) in [5.41, 5.74) is 10.7. The molecule has 3 N–H and O–H groups in total. The average Bonchev–Trinajstić information content (AvgIpc) is 2.53. The van der Waals surface area contributed by atoms with Gasteiger partial charge in [0, 0.05) is 12.2 Å². The lowest BCUT2D eigenvalue weighted by Crippen LogP contribution is -2.24. The minimum atomic E-state index is 0. The van der Waals surface area contributed by atoms with E-state index in [1.165, 1.54) is 16.7 Å². The number of benzene rings is 2. The molecule has 0 aliphatic rings. The van der Waals surface area contributed by atoms with Crippen molar-refractivity contribution in [3.05, 3.63) is 59.2 Å². The first-order valence-electron chi connectivity index (χ1n) is 8.24. The second-order valence-electron chi connectivity index (χ2n) is 6.38. The van der Waals surface area contributed by atoms with Crippen molar-refractivity contribution in [2.75, 3.05) is 19.0 Å². The van der Waals surface area contributed by atoms with Crippen LogP contribution in [0.25, 0.3) is 0 Å². The molecule has 0 aromatic heterocycles. The van der Waals surface area contributed by atoms with Crippen molar-refractivity contribution in [3.63, 3.8) is 0 Å². The average molecular weight is 453 g/mol. The van der Waals surface area contributed by atoms with E-state index in [-0.39, 0.29) is 24.0 Å². The molecular formula is C20H28IN3O. The van der Waals surface area contributed by atoms with E-state index < -0.39 is 0 Å². The van der Waals surface area contributed by atoms with Crippen molar-refractivity contribution in [2.24, 2.45) is 16.6 Å². The van der Waals surface area contributed by atoms with Crippen LogP contribution in [0.4, 0.5) is 5.69 Å². The molecule has 2 aromatic rings. The zero-order valence-electron chi connectivity index (χ0n) is 15.4. The predicted molar refractivity (Wildman–Crippen MR) is 117 cm³/mol. The number of hydrogen-bond acceptors (Lipinski definition) is 2. The molecule has 2 aromatic carbocycles. The Labute approximate surface area is 167 Å². The monoisotopic (exact) mass is 453 g/mol. The van der Waals surface area contributed by atoms with Crippen LogP contribution < -0.4 is 15.8 Å². The normalized spacial score (nSPS) is 12.2. The molecule has 136 valence electrons. The molecule has 1 unspecified atom stereocenters. The molecule has 4 nitrogen and oxygen atoms in total. The van der Waals surface area contributed by atoms with Gasteiger partial charge in [0.1, 0.15) is 5.75 Å². The minimum absolute atomic E-state index is 0. The van der Waals surface area contributed by atoms with Crippen LogP contribution in [0.3, 0.4) is 0 Å². The number of nitrogens with zero attached hydrogens (tertiary/aromatic N) is 1. The SMILES string of the molecule is COc1ccc(CC(C)CN=C(N)Nc2cc(C)cc(C)c2)cc1.I. The quantitative estimate of drug-likeness (QED) is 0.384. The van der Waals surface area contributed by atoms with Crippen LogP contribution in [-0.2, 0) is 6.42 Å². The number of nitrogens with one attached hydrogen (secondary N) is 1. The maximum Gasteiger partial charge on any atom is 0.193 e. The van der Waals surface area contributed by atoms with Gasteiger partial charge in [0.2, 0.25) is 0 Å². The molecule has 0 fully saturated rings. The zero-order valence-corrected chi connectivity index (χ0v) is 17.7. The third kappa shape index (κ3) is 7.34. The van der Waals surface area contributed by atoms with E-state index in [9.17, 15) is 0 Å². The molecule has 0 spiro atoms. The summed E-state index contributed by atoms with van der Waals surface area (Å²) in [4.78, 5) is 4.47. The van der Waals surface area contributed by atoms with Gasteiger partial charge in [0.25, 0.3) is 0 Å². The lowest BCUT2D eigenvalue weighted by atomic mass is 10.0. The molecule has 0 aliphatic carbocycles. The molecule has 1 atom stereocenters. The standard InChI is InChI=1S/C20H27N3O.HI/c1-14-9-15(2)12-18(11-14)23-20(21)22-13-16(3)10-17-5-7-19(24-4)8-6-17;/h5-9,11-12,16H,10,13H2,1-4H3,(H3,21,22,23);1H. The first-order valence-corrected chi connectivity index (χ1v) is 8.24. The van der Waals surface area contributed by atoms with Gasteiger partial charge in [-0.1, -0.05) is 25.1 Å². The molecule has 0 saturated carbocycles. The number of anilines is 1.